The van der Waals surface area contributed by atoms with Crippen molar-refractivity contribution in [2.24, 2.45) is 0 Å². The molecule has 0 bridgehead atoms. The molecular formula is C52H70Cl4N4O20S4. The van der Waals surface area contributed by atoms with Crippen molar-refractivity contribution in [3.8, 4) is 23.0 Å². The summed E-state index contributed by atoms with van der Waals surface area (Å²) in [5.74, 6) is -2.61. The van der Waals surface area contributed by atoms with Crippen LogP contribution in [0.15, 0.2) is 68.1 Å². The van der Waals surface area contributed by atoms with Crippen molar-refractivity contribution in [1.29, 1.82) is 0 Å². The Kier molecular flexibility index (Phi) is 30.5. The van der Waals surface area contributed by atoms with Crippen LogP contribution >= 0.6 is 46.4 Å². The third-order valence-corrected chi connectivity index (χ3v) is 19.4. The van der Waals surface area contributed by atoms with Gasteiger partial charge in [0.25, 0.3) is 0 Å². The average Bonchev–Trinajstić information content (AvgIpc) is 3.72. The van der Waals surface area contributed by atoms with Crippen molar-refractivity contribution >= 4 is 110 Å². The van der Waals surface area contributed by atoms with Crippen LogP contribution in [-0.4, -0.2) is 158 Å². The summed E-state index contributed by atoms with van der Waals surface area (Å²) in [6.45, 7) is 17.8. The number of ether oxygens (including phenoxy) is 7. The molecule has 5 rings (SSSR count). The van der Waals surface area contributed by atoms with E-state index in [2.05, 4.69) is 9.44 Å². The molecule has 0 amide bonds. The number of nitrogens with one attached hydrogen (secondary N) is 2. The minimum atomic E-state index is -3.84. The van der Waals surface area contributed by atoms with E-state index in [-0.39, 0.29) is 117 Å². The number of carboxylic acids is 1. The number of halogens is 4. The van der Waals surface area contributed by atoms with Gasteiger partial charge in [-0.15, -0.1) is 0 Å². The molecule has 1 aliphatic rings. The summed E-state index contributed by atoms with van der Waals surface area (Å²) < 4.78 is 140. The van der Waals surface area contributed by atoms with Crippen LogP contribution in [0.2, 0.25) is 20.1 Å². The predicted octanol–water partition coefficient (Wildman–Crippen LogP) is 8.81. The Balaban J connectivity index is 0.000000382. The van der Waals surface area contributed by atoms with E-state index in [0.717, 1.165) is 29.3 Å². The summed E-state index contributed by atoms with van der Waals surface area (Å²) in [4.78, 5) is 46.3. The van der Waals surface area contributed by atoms with Gasteiger partial charge in [-0.25, -0.2) is 66.6 Å². The lowest BCUT2D eigenvalue weighted by molar-refractivity contribution is 0.0511. The molecule has 0 saturated carbocycles. The lowest BCUT2D eigenvalue weighted by Gasteiger charge is -2.18. The van der Waals surface area contributed by atoms with Crippen LogP contribution < -0.4 is 28.4 Å². The quantitative estimate of drug-likeness (QED) is 0.0435. The Labute approximate surface area is 511 Å². The first-order valence-corrected chi connectivity index (χ1v) is 33.1. The van der Waals surface area contributed by atoms with Crippen LogP contribution in [-0.2, 0) is 54.3 Å². The molecule has 4 aromatic carbocycles. The van der Waals surface area contributed by atoms with Crippen molar-refractivity contribution in [2.75, 3.05) is 80.5 Å². The summed E-state index contributed by atoms with van der Waals surface area (Å²) in [6, 6.07) is 9.44. The van der Waals surface area contributed by atoms with Gasteiger partial charge in [0.1, 0.15) is 64.8 Å². The van der Waals surface area contributed by atoms with Gasteiger partial charge < -0.3 is 38.3 Å². The number of carboxylic acid groups (broad SMARTS) is 1. The molecule has 0 radical (unpaired) electrons. The Morgan fingerprint density at radius 2 is 0.821 bits per heavy atom. The monoisotopic (exact) mass is 1340 g/mol. The van der Waals surface area contributed by atoms with Crippen molar-refractivity contribution < 1.29 is 91.1 Å². The van der Waals surface area contributed by atoms with Gasteiger partial charge in [-0.3, -0.25) is 0 Å². The van der Waals surface area contributed by atoms with Gasteiger partial charge in [0.05, 0.1) is 66.3 Å². The second kappa shape index (κ2) is 34.2. The number of benzene rings is 4. The summed E-state index contributed by atoms with van der Waals surface area (Å²) in [5.41, 5.74) is -0.133. The Morgan fingerprint density at radius 3 is 1.13 bits per heavy atom. The molecule has 84 heavy (non-hydrogen) atoms. The second-order valence-electron chi connectivity index (χ2n) is 17.2. The standard InChI is InChI=1S/C14H20ClNO5S.C13H16ClNO5S.C13H18ClNO5S.C12H16ClNO5S/c1-5-20-12-8-11(15)13(22(18,19)16-9(3)4)7-10(12)14(17)21-6-2;1-2-20-11-8-10(14)12(7-9(11)13(16)17)21(18,19)15-5-3-4-6-15;1-5-19-11-8-10(14)12(21(17,18)15(3)4)7-9(11)13(16)20-6-2;1-4-18-10-7-9(13)11(20(16,17)14-3)6-8(10)12(15)19-5-2/h7-9,16H,5-6H2,1-4H3;7-8H,2-6H2,1H3,(H,16,17);7-8H,5-6H2,1-4H3;6-7,14H,4-5H2,1-3H3. The first-order chi connectivity index (χ1) is 39.2. The molecule has 32 heteroatoms. The first-order valence-electron chi connectivity index (χ1n) is 25.7. The Bertz CT molecular complexity index is 3420. The van der Waals surface area contributed by atoms with Crippen molar-refractivity contribution in [1.82, 2.24) is 18.1 Å². The first kappa shape index (κ1) is 74.9. The lowest BCUT2D eigenvalue weighted by Crippen LogP contribution is -2.30. The molecule has 0 unspecified atom stereocenters. The number of rotatable bonds is 24. The molecule has 1 aliphatic heterocycles. The van der Waals surface area contributed by atoms with Crippen molar-refractivity contribution in [2.45, 2.75) is 101 Å². The van der Waals surface area contributed by atoms with E-state index >= 15 is 0 Å². The average molecular weight is 1340 g/mol. The third kappa shape index (κ3) is 20.5. The van der Waals surface area contributed by atoms with E-state index in [1.807, 2.05) is 0 Å². The molecular weight excluding hydrogens is 1270 g/mol. The number of carbonyl (C=O) groups is 4. The number of esters is 3. The molecule has 470 valence electrons. The van der Waals surface area contributed by atoms with Crippen LogP contribution in [0.5, 0.6) is 23.0 Å². The van der Waals surface area contributed by atoms with E-state index in [1.165, 1.54) is 61.8 Å². The number of hydrogen-bond donors (Lipinski definition) is 3. The smallest absolute Gasteiger partial charge is 0.341 e. The fourth-order valence-corrected chi connectivity index (χ4v) is 13.6. The number of sulfonamides is 4. The molecule has 0 atom stereocenters. The Hall–Kier alpha value is -5.24. The summed E-state index contributed by atoms with van der Waals surface area (Å²) in [5, 5.41) is 9.11. The molecule has 0 aromatic heterocycles. The highest BCUT2D eigenvalue weighted by atomic mass is 35.5. The molecule has 1 fully saturated rings. The molecule has 1 saturated heterocycles. The number of aromatic carboxylic acids is 1. The maximum atomic E-state index is 12.5. The molecule has 4 aromatic rings. The Morgan fingerprint density at radius 1 is 0.512 bits per heavy atom. The predicted molar refractivity (Wildman–Crippen MR) is 316 cm³/mol. The summed E-state index contributed by atoms with van der Waals surface area (Å²) in [7, 11) is -11.1. The number of nitrogens with zero attached hydrogens (tertiary/aromatic N) is 2. The maximum absolute atomic E-state index is 12.5. The van der Waals surface area contributed by atoms with Crippen LogP contribution in [0.1, 0.15) is 117 Å². The van der Waals surface area contributed by atoms with E-state index < -0.39 is 64.0 Å². The van der Waals surface area contributed by atoms with Crippen LogP contribution in [0.4, 0.5) is 0 Å². The molecule has 0 spiro atoms. The highest BCUT2D eigenvalue weighted by Gasteiger charge is 2.32. The molecule has 3 N–H and O–H groups in total. The zero-order valence-electron chi connectivity index (χ0n) is 48.2. The van der Waals surface area contributed by atoms with Gasteiger partial charge >= 0.3 is 23.9 Å². The zero-order valence-corrected chi connectivity index (χ0v) is 54.5. The van der Waals surface area contributed by atoms with Crippen molar-refractivity contribution in [3.05, 3.63) is 90.9 Å². The summed E-state index contributed by atoms with van der Waals surface area (Å²) >= 11 is 24.0. The SMILES string of the molecule is CCOC(=O)c1cc(S(=O)(=O)N(C)C)c(Cl)cc1OCC.CCOC(=O)c1cc(S(=O)(=O)NC(C)C)c(Cl)cc1OCC.CCOC(=O)c1cc(S(=O)(=O)NC)c(Cl)cc1OCC.CCOc1cc(Cl)c(S(=O)(=O)N2CCCC2)cc1C(=O)O. The molecule has 1 heterocycles. The second-order valence-corrected chi connectivity index (χ2v) is 26.4. The van der Waals surface area contributed by atoms with Crippen LogP contribution in [0.25, 0.3) is 0 Å². The van der Waals surface area contributed by atoms with Crippen molar-refractivity contribution in [3.63, 3.8) is 0 Å². The van der Waals surface area contributed by atoms with Gasteiger partial charge in [0, 0.05) is 57.5 Å². The van der Waals surface area contributed by atoms with E-state index in [4.69, 9.17) is 79.6 Å². The fraction of sp³-hybridized carbons (Fsp3) is 0.462. The van der Waals surface area contributed by atoms with Gasteiger partial charge in [0.2, 0.25) is 40.1 Å². The van der Waals surface area contributed by atoms with Gasteiger partial charge in [-0.05, 0) is 106 Å². The van der Waals surface area contributed by atoms with Gasteiger partial charge in [-0.1, -0.05) is 46.4 Å². The fourth-order valence-electron chi connectivity index (χ4n) is 7.07. The zero-order chi connectivity index (χ0) is 64.1. The van der Waals surface area contributed by atoms with Gasteiger partial charge in [-0.2, -0.15) is 4.31 Å². The normalized spacial score (nSPS) is 12.6. The molecule has 0 aliphatic carbocycles. The topological polar surface area (TPSA) is 320 Å². The van der Waals surface area contributed by atoms with Crippen LogP contribution in [0.3, 0.4) is 0 Å². The minimum Gasteiger partial charge on any atom is -0.493 e. The minimum absolute atomic E-state index is 0.0137. The highest BCUT2D eigenvalue weighted by Crippen LogP contribution is 2.36. The van der Waals surface area contributed by atoms with Crippen LogP contribution in [0, 0.1) is 0 Å². The number of carbonyl (C=O) groups excluding carboxylic acids is 3. The van der Waals surface area contributed by atoms with Gasteiger partial charge in [0.15, 0.2) is 0 Å². The number of hydrogen-bond acceptors (Lipinski definition) is 19. The van der Waals surface area contributed by atoms with E-state index in [1.54, 1.807) is 62.3 Å². The lowest BCUT2D eigenvalue weighted by atomic mass is 10.2. The highest BCUT2D eigenvalue weighted by molar-refractivity contribution is 7.90. The largest absolute Gasteiger partial charge is 0.493 e. The van der Waals surface area contributed by atoms with E-state index in [0.29, 0.717) is 32.9 Å². The van der Waals surface area contributed by atoms with E-state index in [9.17, 15) is 58.0 Å². The maximum Gasteiger partial charge on any atom is 0.341 e. The third-order valence-electron chi connectivity index (χ3n) is 10.7. The molecule has 24 nitrogen and oxygen atoms in total. The summed E-state index contributed by atoms with van der Waals surface area (Å²) in [6.07, 6.45) is 1.58.